The number of rotatable bonds is 0. The van der Waals surface area contributed by atoms with Crippen molar-refractivity contribution in [3.63, 3.8) is 0 Å². The van der Waals surface area contributed by atoms with E-state index in [-0.39, 0.29) is 11.5 Å². The van der Waals surface area contributed by atoms with Crippen molar-refractivity contribution in [3.8, 4) is 0 Å². The fourth-order valence-corrected chi connectivity index (χ4v) is 1.26. The van der Waals surface area contributed by atoms with E-state index in [2.05, 4.69) is 0 Å². The molecule has 3 heteroatoms. The summed E-state index contributed by atoms with van der Waals surface area (Å²) in [7, 11) is 0. The minimum atomic E-state index is 0.192. The third-order valence-electron chi connectivity index (χ3n) is 1.87. The summed E-state index contributed by atoms with van der Waals surface area (Å²) in [5.41, 5.74) is 0.650. The van der Waals surface area contributed by atoms with Gasteiger partial charge in [-0.1, -0.05) is 0 Å². The molecule has 2 heterocycles. The van der Waals surface area contributed by atoms with E-state index < -0.39 is 0 Å². The molecule has 3 nitrogen and oxygen atoms in total. The van der Waals surface area contributed by atoms with Gasteiger partial charge in [0.1, 0.15) is 11.5 Å². The molecule has 0 saturated carbocycles. The van der Waals surface area contributed by atoms with Crippen LogP contribution < -0.4 is 0 Å². The van der Waals surface area contributed by atoms with Gasteiger partial charge in [0.05, 0.1) is 5.70 Å². The molecule has 62 valence electrons. The van der Waals surface area contributed by atoms with E-state index in [1.54, 1.807) is 24.3 Å². The second kappa shape index (κ2) is 2.44. The Balaban J connectivity index is 2.40. The molecule has 0 radical (unpaired) electrons. The van der Waals surface area contributed by atoms with Gasteiger partial charge in [-0.05, 0) is 18.2 Å². The monoisotopic (exact) mass is 163 g/mol. The molecular weight excluding hydrogens is 154 g/mol. The minimum Gasteiger partial charge on any atom is -0.508 e. The molecule has 12 heavy (non-hydrogen) atoms. The average molecular weight is 163 g/mol. The van der Waals surface area contributed by atoms with E-state index in [1.165, 1.54) is 0 Å². The molecule has 0 aromatic heterocycles. The zero-order valence-corrected chi connectivity index (χ0v) is 6.44. The van der Waals surface area contributed by atoms with Gasteiger partial charge >= 0.3 is 0 Å². The van der Waals surface area contributed by atoms with Gasteiger partial charge in [0.15, 0.2) is 0 Å². The minimum absolute atomic E-state index is 0.192. The number of aliphatic hydroxyl groups is 2. The molecule has 0 aromatic carbocycles. The summed E-state index contributed by atoms with van der Waals surface area (Å²) in [5, 5.41) is 18.5. The van der Waals surface area contributed by atoms with Crippen LogP contribution in [-0.4, -0.2) is 21.7 Å². The van der Waals surface area contributed by atoms with Crippen molar-refractivity contribution in [2.75, 3.05) is 6.54 Å². The van der Waals surface area contributed by atoms with Crippen molar-refractivity contribution in [2.24, 2.45) is 0 Å². The van der Waals surface area contributed by atoms with E-state index in [0.29, 0.717) is 12.2 Å². The molecule has 0 aromatic rings. The molecular formula is C9H9NO2. The zero-order chi connectivity index (χ0) is 8.55. The molecule has 0 bridgehead atoms. The Labute approximate surface area is 70.2 Å². The van der Waals surface area contributed by atoms with Crippen LogP contribution in [0.1, 0.15) is 0 Å². The van der Waals surface area contributed by atoms with Crippen molar-refractivity contribution in [1.29, 1.82) is 0 Å². The van der Waals surface area contributed by atoms with Crippen LogP contribution >= 0.6 is 0 Å². The molecule has 0 fully saturated rings. The highest BCUT2D eigenvalue weighted by Gasteiger charge is 2.16. The molecule has 0 spiro atoms. The fraction of sp³-hybridized carbons (Fsp3) is 0.111. The highest BCUT2D eigenvalue weighted by atomic mass is 16.3. The second-order valence-corrected chi connectivity index (χ2v) is 2.70. The molecule has 2 rings (SSSR count). The summed E-state index contributed by atoms with van der Waals surface area (Å²) < 4.78 is 0. The number of aliphatic hydroxyl groups excluding tert-OH is 2. The number of hydrogen-bond acceptors (Lipinski definition) is 3. The molecule has 2 aliphatic rings. The van der Waals surface area contributed by atoms with Crippen LogP contribution in [0.3, 0.4) is 0 Å². The van der Waals surface area contributed by atoms with Crippen molar-refractivity contribution in [1.82, 2.24) is 4.90 Å². The van der Waals surface area contributed by atoms with Crippen LogP contribution in [0.4, 0.5) is 0 Å². The first-order chi connectivity index (χ1) is 5.77. The van der Waals surface area contributed by atoms with Gasteiger partial charge in [-0.2, -0.15) is 0 Å². The van der Waals surface area contributed by atoms with Crippen LogP contribution in [0.15, 0.2) is 47.7 Å². The summed E-state index contributed by atoms with van der Waals surface area (Å²) in [5.74, 6) is 0.397. The number of nitrogens with zero attached hydrogens (tertiary/aromatic N) is 1. The number of fused-ring (bicyclic) bond motifs is 1. The quantitative estimate of drug-likeness (QED) is 0.570. The van der Waals surface area contributed by atoms with Crippen molar-refractivity contribution in [2.45, 2.75) is 0 Å². The van der Waals surface area contributed by atoms with Crippen LogP contribution in [0, 0.1) is 0 Å². The Morgan fingerprint density at radius 1 is 1.33 bits per heavy atom. The predicted octanol–water partition coefficient (Wildman–Crippen LogP) is 1.60. The lowest BCUT2D eigenvalue weighted by Crippen LogP contribution is -2.23. The predicted molar refractivity (Wildman–Crippen MR) is 45.4 cm³/mol. The summed E-state index contributed by atoms with van der Waals surface area (Å²) in [6, 6.07) is 0. The Morgan fingerprint density at radius 3 is 3.00 bits per heavy atom. The lowest BCUT2D eigenvalue weighted by molar-refractivity contribution is 0.353. The molecule has 2 aliphatic heterocycles. The van der Waals surface area contributed by atoms with E-state index in [9.17, 15) is 5.11 Å². The third-order valence-corrected chi connectivity index (χ3v) is 1.87. The summed E-state index contributed by atoms with van der Waals surface area (Å²) in [6.07, 6.45) is 8.45. The first-order valence-corrected chi connectivity index (χ1v) is 3.72. The van der Waals surface area contributed by atoms with Crippen molar-refractivity contribution in [3.05, 3.63) is 47.7 Å². The first kappa shape index (κ1) is 7.03. The van der Waals surface area contributed by atoms with E-state index >= 15 is 0 Å². The molecule has 0 atom stereocenters. The summed E-state index contributed by atoms with van der Waals surface area (Å²) in [6.45, 7) is 0.603. The summed E-state index contributed by atoms with van der Waals surface area (Å²) >= 11 is 0. The maximum Gasteiger partial charge on any atom is 0.139 e. The van der Waals surface area contributed by atoms with Crippen LogP contribution in [0.5, 0.6) is 0 Å². The summed E-state index contributed by atoms with van der Waals surface area (Å²) in [4.78, 5) is 1.86. The van der Waals surface area contributed by atoms with Gasteiger partial charge in [-0.15, -0.1) is 0 Å². The van der Waals surface area contributed by atoms with Crippen LogP contribution in [0.25, 0.3) is 0 Å². The van der Waals surface area contributed by atoms with Crippen LogP contribution in [0.2, 0.25) is 0 Å². The molecule has 0 amide bonds. The van der Waals surface area contributed by atoms with Gasteiger partial charge in [-0.25, -0.2) is 0 Å². The molecule has 0 unspecified atom stereocenters. The molecule has 0 aliphatic carbocycles. The third kappa shape index (κ3) is 0.993. The van der Waals surface area contributed by atoms with Crippen molar-refractivity contribution < 1.29 is 10.2 Å². The zero-order valence-electron chi connectivity index (χ0n) is 6.44. The normalized spacial score (nSPS) is 21.0. The van der Waals surface area contributed by atoms with Crippen LogP contribution in [-0.2, 0) is 0 Å². The van der Waals surface area contributed by atoms with E-state index in [0.717, 1.165) is 0 Å². The van der Waals surface area contributed by atoms with Gasteiger partial charge in [-0.3, -0.25) is 0 Å². The topological polar surface area (TPSA) is 43.7 Å². The van der Waals surface area contributed by atoms with Gasteiger partial charge in [0.25, 0.3) is 0 Å². The average Bonchev–Trinajstić information content (AvgIpc) is 2.07. The van der Waals surface area contributed by atoms with Gasteiger partial charge < -0.3 is 15.1 Å². The maximum absolute atomic E-state index is 9.38. The lowest BCUT2D eigenvalue weighted by atomic mass is 10.1. The van der Waals surface area contributed by atoms with Gasteiger partial charge in [0.2, 0.25) is 0 Å². The lowest BCUT2D eigenvalue weighted by Gasteiger charge is -2.26. The second-order valence-electron chi connectivity index (χ2n) is 2.70. The smallest absolute Gasteiger partial charge is 0.139 e. The van der Waals surface area contributed by atoms with E-state index in [1.807, 2.05) is 11.1 Å². The highest BCUT2D eigenvalue weighted by molar-refractivity contribution is 5.39. The standard InChI is InChI=1S/C9H9NO2/c11-7-3-5-10-4-1-2-9(12)8(10)6-7/h1-4,6,11-12H,5H2. The Hall–Kier alpha value is -1.64. The van der Waals surface area contributed by atoms with Gasteiger partial charge in [0, 0.05) is 18.8 Å². The molecule has 2 N–H and O–H groups in total. The fourth-order valence-electron chi connectivity index (χ4n) is 1.26. The maximum atomic E-state index is 9.38. The Morgan fingerprint density at radius 2 is 2.17 bits per heavy atom. The molecule has 0 saturated heterocycles. The van der Waals surface area contributed by atoms with Crippen molar-refractivity contribution >= 4 is 0 Å². The Bertz CT molecular complexity index is 323. The largest absolute Gasteiger partial charge is 0.508 e. The number of allylic oxidation sites excluding steroid dienone is 3. The Kier molecular flexibility index (Phi) is 1.43. The highest BCUT2D eigenvalue weighted by Crippen LogP contribution is 2.22. The first-order valence-electron chi connectivity index (χ1n) is 3.72. The van der Waals surface area contributed by atoms with E-state index in [4.69, 9.17) is 5.11 Å². The SMILES string of the molecule is OC1=CCN2C=CC=C(O)C2=C1. The number of hydrogen-bond donors (Lipinski definition) is 2.